The predicted octanol–water partition coefficient (Wildman–Crippen LogP) is 1.94. The van der Waals surface area contributed by atoms with E-state index >= 15 is 0 Å². The van der Waals surface area contributed by atoms with E-state index in [9.17, 15) is 0 Å². The number of hydrogen-bond acceptors (Lipinski definition) is 2. The van der Waals surface area contributed by atoms with Crippen molar-refractivity contribution in [2.24, 2.45) is 0 Å². The molecule has 1 saturated heterocycles. The van der Waals surface area contributed by atoms with Crippen molar-refractivity contribution in [2.75, 3.05) is 13.1 Å². The van der Waals surface area contributed by atoms with Gasteiger partial charge in [-0.05, 0) is 32.4 Å². The fourth-order valence-electron chi connectivity index (χ4n) is 2.59. The number of nitrogens with one attached hydrogen (secondary N) is 1. The highest BCUT2D eigenvalue weighted by Crippen LogP contribution is 2.32. The van der Waals surface area contributed by atoms with Crippen molar-refractivity contribution in [3.63, 3.8) is 0 Å². The molecule has 0 spiro atoms. The lowest BCUT2D eigenvalue weighted by Gasteiger charge is -2.34. The summed E-state index contributed by atoms with van der Waals surface area (Å²) in [7, 11) is 0. The third-order valence-corrected chi connectivity index (χ3v) is 3.76. The zero-order valence-corrected chi connectivity index (χ0v) is 10.6. The molecule has 1 aliphatic heterocycles. The molecule has 1 fully saturated rings. The molecule has 0 bridgehead atoms. The van der Waals surface area contributed by atoms with Crippen LogP contribution >= 0.6 is 0 Å². The highest BCUT2D eigenvalue weighted by Gasteiger charge is 2.31. The van der Waals surface area contributed by atoms with Gasteiger partial charge in [-0.1, -0.05) is 6.92 Å². The molecule has 0 unspecified atom stereocenters. The van der Waals surface area contributed by atoms with Crippen molar-refractivity contribution in [3.05, 3.63) is 18.2 Å². The highest BCUT2D eigenvalue weighted by molar-refractivity contribution is 5.15. The Kier molecular flexibility index (Phi) is 3.86. The van der Waals surface area contributed by atoms with Crippen LogP contribution in [0.5, 0.6) is 0 Å². The summed E-state index contributed by atoms with van der Waals surface area (Å²) in [6.45, 7) is 5.54. The average molecular weight is 231 g/mol. The minimum absolute atomic E-state index is 0.276. The van der Waals surface area contributed by atoms with Crippen LogP contribution in [0.2, 0.25) is 0 Å². The summed E-state index contributed by atoms with van der Waals surface area (Å²) in [6, 6.07) is 0. The molecule has 0 saturated carbocycles. The van der Waals surface area contributed by atoms with Crippen LogP contribution in [-0.4, -0.2) is 22.6 Å². The summed E-state index contributed by atoms with van der Waals surface area (Å²) in [5, 5.41) is 3.42. The maximum absolute atomic E-state index is 5.29. The van der Waals surface area contributed by atoms with Crippen LogP contribution in [0.4, 0.5) is 0 Å². The van der Waals surface area contributed by atoms with Crippen molar-refractivity contribution in [1.29, 1.82) is 0 Å². The van der Waals surface area contributed by atoms with E-state index in [2.05, 4.69) is 27.7 Å². The van der Waals surface area contributed by atoms with E-state index in [0.29, 0.717) is 0 Å². The molecule has 1 N–H and O–H groups in total. The van der Waals surface area contributed by atoms with E-state index in [1.165, 1.54) is 18.5 Å². The number of unbranched alkanes of at least 4 members (excludes halogenated alkanes) is 1. The standard InChI is InChI=1S/C14H21N3/c1-3-4-5-10-17-12-16-11-13(17)14(2)6-8-15-9-7-14/h1,11-12,15H,4-10H2,2H3. The third kappa shape index (κ3) is 2.70. The van der Waals surface area contributed by atoms with Crippen molar-refractivity contribution >= 4 is 0 Å². The van der Waals surface area contributed by atoms with E-state index in [4.69, 9.17) is 6.42 Å². The summed E-state index contributed by atoms with van der Waals surface area (Å²) < 4.78 is 2.28. The Labute approximate surface area is 104 Å². The lowest BCUT2D eigenvalue weighted by molar-refractivity contribution is 0.316. The maximum Gasteiger partial charge on any atom is 0.0948 e. The van der Waals surface area contributed by atoms with Gasteiger partial charge in [0.05, 0.1) is 6.33 Å². The molecule has 0 atom stereocenters. The van der Waals surface area contributed by atoms with E-state index in [0.717, 1.165) is 32.5 Å². The molecule has 2 heterocycles. The quantitative estimate of drug-likeness (QED) is 0.634. The Morgan fingerprint density at radius 3 is 3.00 bits per heavy atom. The molecule has 0 aromatic carbocycles. The molecular weight excluding hydrogens is 210 g/mol. The number of nitrogens with zero attached hydrogens (tertiary/aromatic N) is 2. The first-order valence-electron chi connectivity index (χ1n) is 6.41. The molecule has 92 valence electrons. The van der Waals surface area contributed by atoms with Crippen molar-refractivity contribution < 1.29 is 0 Å². The third-order valence-electron chi connectivity index (χ3n) is 3.76. The van der Waals surface area contributed by atoms with Crippen LogP contribution in [0.3, 0.4) is 0 Å². The van der Waals surface area contributed by atoms with Crippen LogP contribution in [0.25, 0.3) is 0 Å². The number of aryl methyl sites for hydroxylation is 1. The van der Waals surface area contributed by atoms with Gasteiger partial charge in [-0.3, -0.25) is 0 Å². The van der Waals surface area contributed by atoms with Gasteiger partial charge in [0.2, 0.25) is 0 Å². The van der Waals surface area contributed by atoms with E-state index in [1.807, 2.05) is 12.5 Å². The number of imidazole rings is 1. The summed E-state index contributed by atoms with van der Waals surface area (Å²) in [5.74, 6) is 2.69. The van der Waals surface area contributed by atoms with Crippen LogP contribution in [-0.2, 0) is 12.0 Å². The second-order valence-electron chi connectivity index (χ2n) is 5.09. The molecule has 0 amide bonds. The van der Waals surface area contributed by atoms with Crippen LogP contribution in [0.1, 0.15) is 38.3 Å². The molecule has 3 nitrogen and oxygen atoms in total. The smallest absolute Gasteiger partial charge is 0.0948 e. The van der Waals surface area contributed by atoms with Gasteiger partial charge >= 0.3 is 0 Å². The van der Waals surface area contributed by atoms with Crippen molar-refractivity contribution in [1.82, 2.24) is 14.9 Å². The molecule has 1 aromatic heterocycles. The molecule has 2 rings (SSSR count). The Morgan fingerprint density at radius 1 is 1.53 bits per heavy atom. The van der Waals surface area contributed by atoms with Crippen molar-refractivity contribution in [3.8, 4) is 12.3 Å². The first kappa shape index (κ1) is 12.2. The van der Waals surface area contributed by atoms with Gasteiger partial charge in [0.15, 0.2) is 0 Å². The molecule has 3 heteroatoms. The Hall–Kier alpha value is -1.27. The zero-order chi connectivity index (χ0) is 12.1. The summed E-state index contributed by atoms with van der Waals surface area (Å²) in [4.78, 5) is 4.31. The number of piperidine rings is 1. The number of hydrogen-bond donors (Lipinski definition) is 1. The largest absolute Gasteiger partial charge is 0.334 e. The Bertz CT molecular complexity index is 394. The minimum Gasteiger partial charge on any atom is -0.334 e. The first-order valence-corrected chi connectivity index (χ1v) is 6.41. The average Bonchev–Trinajstić information content (AvgIpc) is 2.79. The monoisotopic (exact) mass is 231 g/mol. The Morgan fingerprint density at radius 2 is 2.29 bits per heavy atom. The van der Waals surface area contributed by atoms with Gasteiger partial charge < -0.3 is 9.88 Å². The zero-order valence-electron chi connectivity index (χ0n) is 10.6. The minimum atomic E-state index is 0.276. The fourth-order valence-corrected chi connectivity index (χ4v) is 2.59. The van der Waals surface area contributed by atoms with Crippen LogP contribution in [0.15, 0.2) is 12.5 Å². The Balaban J connectivity index is 2.09. The lowest BCUT2D eigenvalue weighted by atomic mass is 9.78. The number of aromatic nitrogens is 2. The fraction of sp³-hybridized carbons (Fsp3) is 0.643. The van der Waals surface area contributed by atoms with Gasteiger partial charge in [-0.25, -0.2) is 4.98 Å². The van der Waals surface area contributed by atoms with Gasteiger partial charge in [-0.2, -0.15) is 0 Å². The van der Waals surface area contributed by atoms with Gasteiger partial charge in [0.1, 0.15) is 0 Å². The van der Waals surface area contributed by atoms with Gasteiger partial charge in [0, 0.05) is 30.3 Å². The second kappa shape index (κ2) is 5.37. The lowest BCUT2D eigenvalue weighted by Crippen LogP contribution is -2.39. The number of terminal acetylenes is 1. The molecular formula is C14H21N3. The molecule has 17 heavy (non-hydrogen) atoms. The van der Waals surface area contributed by atoms with Crippen LogP contribution < -0.4 is 5.32 Å². The number of rotatable bonds is 4. The second-order valence-corrected chi connectivity index (χ2v) is 5.09. The van der Waals surface area contributed by atoms with E-state index in [-0.39, 0.29) is 5.41 Å². The maximum atomic E-state index is 5.29. The predicted molar refractivity (Wildman–Crippen MR) is 69.7 cm³/mol. The highest BCUT2D eigenvalue weighted by atomic mass is 15.1. The van der Waals surface area contributed by atoms with E-state index in [1.54, 1.807) is 0 Å². The first-order chi connectivity index (χ1) is 8.26. The van der Waals surface area contributed by atoms with Crippen LogP contribution in [0, 0.1) is 12.3 Å². The SMILES string of the molecule is C#CCCCn1cncc1C1(C)CCNCC1. The van der Waals surface area contributed by atoms with Gasteiger partial charge in [0.25, 0.3) is 0 Å². The summed E-state index contributed by atoms with van der Waals surface area (Å²) >= 11 is 0. The van der Waals surface area contributed by atoms with Gasteiger partial charge in [-0.15, -0.1) is 12.3 Å². The molecule has 1 aromatic rings. The summed E-state index contributed by atoms with van der Waals surface area (Å²) in [6.07, 6.45) is 13.5. The van der Waals surface area contributed by atoms with Crippen molar-refractivity contribution in [2.45, 2.75) is 44.6 Å². The molecule has 0 radical (unpaired) electrons. The van der Waals surface area contributed by atoms with E-state index < -0.39 is 0 Å². The molecule has 1 aliphatic rings. The topological polar surface area (TPSA) is 29.9 Å². The summed E-state index contributed by atoms with van der Waals surface area (Å²) in [5.41, 5.74) is 1.65. The molecule has 0 aliphatic carbocycles. The normalized spacial score (nSPS) is 18.8.